The predicted molar refractivity (Wildman–Crippen MR) is 127 cm³/mol. The normalized spacial score (nSPS) is 10.5. The van der Waals surface area contributed by atoms with Crippen LogP contribution in [0.3, 0.4) is 0 Å². The van der Waals surface area contributed by atoms with Crippen molar-refractivity contribution in [3.05, 3.63) is 99.9 Å². The van der Waals surface area contributed by atoms with Crippen LogP contribution in [-0.2, 0) is 11.2 Å². The van der Waals surface area contributed by atoms with Crippen molar-refractivity contribution in [1.82, 2.24) is 10.9 Å². The van der Waals surface area contributed by atoms with Gasteiger partial charge in [-0.25, -0.2) is 0 Å². The molecule has 0 unspecified atom stereocenters. The number of anilines is 1. The Hall–Kier alpha value is -3.68. The van der Waals surface area contributed by atoms with Gasteiger partial charge in [-0.05, 0) is 35.9 Å². The van der Waals surface area contributed by atoms with Crippen LogP contribution in [0.4, 0.5) is 5.69 Å². The first-order valence-electron chi connectivity index (χ1n) is 9.73. The lowest BCUT2D eigenvalue weighted by Crippen LogP contribution is -2.41. The highest BCUT2D eigenvalue weighted by atomic mass is 35.5. The van der Waals surface area contributed by atoms with Gasteiger partial charge in [0.2, 0.25) is 5.91 Å². The van der Waals surface area contributed by atoms with Crippen molar-refractivity contribution in [3.63, 3.8) is 0 Å². The second kappa shape index (κ2) is 9.64. The number of fused-ring (bicyclic) bond motifs is 1. The summed E-state index contributed by atoms with van der Waals surface area (Å²) in [7, 11) is 0. The highest BCUT2D eigenvalue weighted by Gasteiger charge is 2.17. The first kappa shape index (κ1) is 21.5. The van der Waals surface area contributed by atoms with Crippen molar-refractivity contribution >= 4 is 56.4 Å². The Labute approximate surface area is 193 Å². The predicted octanol–water partition coefficient (Wildman–Crippen LogP) is 4.81. The van der Waals surface area contributed by atoms with Gasteiger partial charge in [0, 0.05) is 21.3 Å². The smallest absolute Gasteiger partial charge is 0.281 e. The maximum Gasteiger partial charge on any atom is 0.281 e. The maximum absolute atomic E-state index is 12.4. The van der Waals surface area contributed by atoms with Crippen LogP contribution in [0.25, 0.3) is 10.1 Å². The van der Waals surface area contributed by atoms with Crippen molar-refractivity contribution in [2.75, 3.05) is 5.32 Å². The van der Waals surface area contributed by atoms with Gasteiger partial charge in [0.25, 0.3) is 11.8 Å². The number of carbonyl (C=O) groups excluding carboxylic acids is 3. The van der Waals surface area contributed by atoms with Gasteiger partial charge in [0.15, 0.2) is 0 Å². The molecule has 1 aromatic heterocycles. The third kappa shape index (κ3) is 4.96. The summed E-state index contributed by atoms with van der Waals surface area (Å²) >= 11 is 7.55. The van der Waals surface area contributed by atoms with Gasteiger partial charge in [-0.2, -0.15) is 0 Å². The molecule has 0 saturated carbocycles. The molecule has 6 nitrogen and oxygen atoms in total. The van der Waals surface area contributed by atoms with Crippen LogP contribution in [0.2, 0.25) is 5.02 Å². The average molecular weight is 464 g/mol. The fourth-order valence-electron chi connectivity index (χ4n) is 3.09. The summed E-state index contributed by atoms with van der Waals surface area (Å²) in [5.74, 6) is -1.13. The van der Waals surface area contributed by atoms with Gasteiger partial charge < -0.3 is 5.32 Å². The molecule has 0 saturated heterocycles. The molecule has 3 N–H and O–H groups in total. The second-order valence-electron chi connectivity index (χ2n) is 6.94. The van der Waals surface area contributed by atoms with Crippen LogP contribution < -0.4 is 16.2 Å². The average Bonchev–Trinajstić information content (AvgIpc) is 3.15. The highest BCUT2D eigenvalue weighted by molar-refractivity contribution is 7.21. The van der Waals surface area contributed by atoms with Gasteiger partial charge in [-0.15, -0.1) is 11.3 Å². The topological polar surface area (TPSA) is 87.3 Å². The molecule has 4 aromatic rings. The van der Waals surface area contributed by atoms with Gasteiger partial charge in [-0.1, -0.05) is 60.1 Å². The monoisotopic (exact) mass is 463 g/mol. The SMILES string of the molecule is O=C(Cc1ccccc1)Nc1ccc(C(=O)NNC(=O)c2sc3ccccc3c2Cl)cc1. The van der Waals surface area contributed by atoms with Crippen molar-refractivity contribution in [2.24, 2.45) is 0 Å². The van der Waals surface area contributed by atoms with Crippen LogP contribution in [-0.4, -0.2) is 17.7 Å². The van der Waals surface area contributed by atoms with E-state index in [1.807, 2.05) is 54.6 Å². The van der Waals surface area contributed by atoms with Crippen LogP contribution in [0, 0.1) is 0 Å². The summed E-state index contributed by atoms with van der Waals surface area (Å²) in [6.07, 6.45) is 0.259. The Bertz CT molecular complexity index is 1290. The third-order valence-electron chi connectivity index (χ3n) is 4.67. The van der Waals surface area contributed by atoms with Crippen molar-refractivity contribution in [3.8, 4) is 0 Å². The molecule has 0 aliphatic rings. The second-order valence-corrected chi connectivity index (χ2v) is 8.37. The molecule has 4 rings (SSSR count). The molecule has 0 fully saturated rings. The lowest BCUT2D eigenvalue weighted by molar-refractivity contribution is -0.115. The molecule has 3 amide bonds. The number of hydrogen-bond donors (Lipinski definition) is 3. The highest BCUT2D eigenvalue weighted by Crippen LogP contribution is 2.34. The maximum atomic E-state index is 12.4. The minimum atomic E-state index is -0.491. The van der Waals surface area contributed by atoms with E-state index in [4.69, 9.17) is 11.6 Å². The van der Waals surface area contributed by atoms with Gasteiger partial charge in [-0.3, -0.25) is 25.2 Å². The van der Waals surface area contributed by atoms with E-state index in [0.717, 1.165) is 15.6 Å². The molecule has 32 heavy (non-hydrogen) atoms. The number of halogens is 1. The first-order valence-corrected chi connectivity index (χ1v) is 10.9. The molecular formula is C24H18ClN3O3S. The molecule has 3 aromatic carbocycles. The standard InChI is InChI=1S/C24H18ClN3O3S/c25-21-18-8-4-5-9-19(18)32-22(21)24(31)28-27-23(30)16-10-12-17(13-11-16)26-20(29)14-15-6-2-1-3-7-15/h1-13H,14H2,(H,26,29)(H,27,30)(H,28,31). The number of nitrogens with one attached hydrogen (secondary N) is 3. The van der Waals surface area contributed by atoms with E-state index >= 15 is 0 Å². The van der Waals surface area contributed by atoms with E-state index in [1.165, 1.54) is 11.3 Å². The van der Waals surface area contributed by atoms with Gasteiger partial charge >= 0.3 is 0 Å². The summed E-state index contributed by atoms with van der Waals surface area (Å²) in [4.78, 5) is 37.3. The molecule has 0 aliphatic carbocycles. The Balaban J connectivity index is 1.33. The van der Waals surface area contributed by atoms with E-state index in [2.05, 4.69) is 16.2 Å². The molecule has 0 aliphatic heterocycles. The molecule has 160 valence electrons. The quantitative estimate of drug-likeness (QED) is 0.371. The lowest BCUT2D eigenvalue weighted by atomic mass is 10.1. The number of thiophene rings is 1. The Morgan fingerprint density at radius 3 is 2.16 bits per heavy atom. The number of hydrogen-bond acceptors (Lipinski definition) is 4. The minimum Gasteiger partial charge on any atom is -0.326 e. The summed E-state index contributed by atoms with van der Waals surface area (Å²) in [6.45, 7) is 0. The molecular weight excluding hydrogens is 446 g/mol. The van der Waals surface area contributed by atoms with E-state index < -0.39 is 11.8 Å². The Kier molecular flexibility index (Phi) is 6.49. The van der Waals surface area contributed by atoms with Crippen molar-refractivity contribution in [1.29, 1.82) is 0 Å². The van der Waals surface area contributed by atoms with Gasteiger partial charge in [0.1, 0.15) is 4.88 Å². The summed E-state index contributed by atoms with van der Waals surface area (Å²) in [5.41, 5.74) is 6.59. The fourth-order valence-corrected chi connectivity index (χ4v) is 4.51. The summed E-state index contributed by atoms with van der Waals surface area (Å²) < 4.78 is 0.888. The zero-order chi connectivity index (χ0) is 22.5. The number of carbonyl (C=O) groups is 3. The Morgan fingerprint density at radius 1 is 0.781 bits per heavy atom. The Morgan fingerprint density at radius 2 is 1.44 bits per heavy atom. The van der Waals surface area contributed by atoms with E-state index in [1.54, 1.807) is 24.3 Å². The van der Waals surface area contributed by atoms with E-state index in [-0.39, 0.29) is 12.3 Å². The summed E-state index contributed by atoms with van der Waals surface area (Å²) in [6, 6.07) is 23.2. The number of amides is 3. The van der Waals surface area contributed by atoms with Crippen LogP contribution >= 0.6 is 22.9 Å². The van der Waals surface area contributed by atoms with Crippen LogP contribution in [0.15, 0.2) is 78.9 Å². The molecule has 0 bridgehead atoms. The minimum absolute atomic E-state index is 0.152. The largest absolute Gasteiger partial charge is 0.326 e. The van der Waals surface area contributed by atoms with Gasteiger partial charge in [0.05, 0.1) is 11.4 Å². The van der Waals surface area contributed by atoms with Crippen molar-refractivity contribution in [2.45, 2.75) is 6.42 Å². The number of hydrazine groups is 1. The van der Waals surface area contributed by atoms with Crippen molar-refractivity contribution < 1.29 is 14.4 Å². The molecule has 1 heterocycles. The first-order chi connectivity index (χ1) is 15.5. The molecule has 0 radical (unpaired) electrons. The van der Waals surface area contributed by atoms with Crippen LogP contribution in [0.1, 0.15) is 25.6 Å². The van der Waals surface area contributed by atoms with E-state index in [9.17, 15) is 14.4 Å². The lowest BCUT2D eigenvalue weighted by Gasteiger charge is -2.08. The zero-order valence-corrected chi connectivity index (χ0v) is 18.3. The molecule has 0 atom stereocenters. The summed E-state index contributed by atoms with van der Waals surface area (Å²) in [5, 5.41) is 3.94. The number of rotatable bonds is 5. The molecule has 0 spiro atoms. The fraction of sp³-hybridized carbons (Fsp3) is 0.0417. The van der Waals surface area contributed by atoms with Crippen LogP contribution in [0.5, 0.6) is 0 Å². The zero-order valence-electron chi connectivity index (χ0n) is 16.7. The third-order valence-corrected chi connectivity index (χ3v) is 6.34. The van der Waals surface area contributed by atoms with E-state index in [0.29, 0.717) is 21.2 Å². The number of benzene rings is 3. The molecule has 8 heteroatoms.